The molecule has 0 aliphatic heterocycles. The van der Waals surface area contributed by atoms with Gasteiger partial charge in [0, 0.05) is 53.7 Å². The van der Waals surface area contributed by atoms with Crippen molar-refractivity contribution < 1.29 is 0 Å². The molecule has 4 heterocycles. The summed E-state index contributed by atoms with van der Waals surface area (Å²) in [6.45, 7) is 0. The Morgan fingerprint density at radius 3 is 1.84 bits per heavy atom. The van der Waals surface area contributed by atoms with E-state index >= 15 is 0 Å². The molecule has 11 rings (SSSR count). The molecule has 6 nitrogen and oxygen atoms in total. The van der Waals surface area contributed by atoms with E-state index < -0.39 is 0 Å². The Bertz CT molecular complexity index is 3170. The van der Waals surface area contributed by atoms with Crippen molar-refractivity contribution in [2.24, 2.45) is 0 Å². The Hall–Kier alpha value is -6.87. The number of thiophene rings is 1. The van der Waals surface area contributed by atoms with Crippen LogP contribution in [-0.2, 0) is 0 Å². The van der Waals surface area contributed by atoms with Gasteiger partial charge in [-0.15, -0.1) is 22.7 Å². The van der Waals surface area contributed by atoms with Crippen LogP contribution in [0.4, 0.5) is 0 Å². The van der Waals surface area contributed by atoms with Gasteiger partial charge in [-0.05, 0) is 60.7 Å². The first-order valence-corrected chi connectivity index (χ1v) is 19.6. The summed E-state index contributed by atoms with van der Waals surface area (Å²) in [5, 5.41) is 3.25. The summed E-state index contributed by atoms with van der Waals surface area (Å²) in [5.74, 6) is 2.78. The third-order valence-corrected chi connectivity index (χ3v) is 12.1. The molecule has 0 spiro atoms. The second-order valence-electron chi connectivity index (χ2n) is 13.3. The number of rotatable bonds is 6. The van der Waals surface area contributed by atoms with E-state index in [0.717, 1.165) is 71.7 Å². The molecule has 0 aliphatic carbocycles. The molecule has 0 bridgehead atoms. The second-order valence-corrected chi connectivity index (χ2v) is 15.4. The molecule has 0 atom stereocenters. The monoisotopic (exact) mass is 740 g/mol. The van der Waals surface area contributed by atoms with Crippen LogP contribution in [0, 0.1) is 0 Å². The lowest BCUT2D eigenvalue weighted by Gasteiger charge is -2.11. The third-order valence-electron chi connectivity index (χ3n) is 9.92. The normalized spacial score (nSPS) is 11.6. The molecule has 8 heteroatoms. The third kappa shape index (κ3) is 5.50. The van der Waals surface area contributed by atoms with Gasteiger partial charge in [-0.2, -0.15) is 0 Å². The molecule has 0 N–H and O–H groups in total. The van der Waals surface area contributed by atoms with Crippen molar-refractivity contribution in [2.75, 3.05) is 0 Å². The van der Waals surface area contributed by atoms with Crippen LogP contribution in [0.25, 0.3) is 103 Å². The minimum absolute atomic E-state index is 0.619. The number of para-hydroxylation sites is 4. The van der Waals surface area contributed by atoms with Crippen molar-refractivity contribution >= 4 is 64.1 Å². The van der Waals surface area contributed by atoms with Crippen molar-refractivity contribution in [1.82, 2.24) is 29.5 Å². The summed E-state index contributed by atoms with van der Waals surface area (Å²) >= 11 is 3.48. The van der Waals surface area contributed by atoms with Gasteiger partial charge in [0.1, 0.15) is 10.8 Å². The second kappa shape index (κ2) is 12.9. The van der Waals surface area contributed by atoms with Gasteiger partial charge in [-0.1, -0.05) is 109 Å². The number of hydrogen-bond acceptors (Lipinski definition) is 7. The van der Waals surface area contributed by atoms with E-state index in [9.17, 15) is 0 Å². The Morgan fingerprint density at radius 1 is 0.400 bits per heavy atom. The van der Waals surface area contributed by atoms with E-state index in [1.165, 1.54) is 14.1 Å². The van der Waals surface area contributed by atoms with Crippen LogP contribution in [0.5, 0.6) is 0 Å². The fourth-order valence-electron chi connectivity index (χ4n) is 7.31. The van der Waals surface area contributed by atoms with Gasteiger partial charge < -0.3 is 0 Å². The van der Waals surface area contributed by atoms with Crippen LogP contribution >= 0.6 is 22.7 Å². The first kappa shape index (κ1) is 31.6. The fourth-order valence-corrected chi connectivity index (χ4v) is 9.39. The number of hydrogen-bond donors (Lipinski definition) is 0. The molecule has 4 aromatic heterocycles. The lowest BCUT2D eigenvalue weighted by atomic mass is 10.0. The first-order valence-electron chi connectivity index (χ1n) is 18.0. The molecule has 11 aromatic rings. The molecule has 0 fully saturated rings. The predicted octanol–water partition coefficient (Wildman–Crippen LogP) is 12.5. The quantitative estimate of drug-likeness (QED) is 0.170. The highest BCUT2D eigenvalue weighted by atomic mass is 32.1. The van der Waals surface area contributed by atoms with Crippen molar-refractivity contribution in [3.05, 3.63) is 170 Å². The number of fused-ring (bicyclic) bond motifs is 5. The predicted molar refractivity (Wildman–Crippen MR) is 228 cm³/mol. The summed E-state index contributed by atoms with van der Waals surface area (Å²) < 4.78 is 5.79. The van der Waals surface area contributed by atoms with Gasteiger partial charge >= 0.3 is 0 Å². The smallest absolute Gasteiger partial charge is 0.164 e. The molecule has 0 saturated carbocycles. The summed E-state index contributed by atoms with van der Waals surface area (Å²) in [6.07, 6.45) is 0. The average Bonchev–Trinajstić information content (AvgIpc) is 3.98. The molecule has 7 aromatic carbocycles. The van der Waals surface area contributed by atoms with Gasteiger partial charge in [0.2, 0.25) is 0 Å². The number of nitrogens with zero attached hydrogens (tertiary/aromatic N) is 6. The molecule has 258 valence electrons. The van der Waals surface area contributed by atoms with Crippen LogP contribution in [-0.4, -0.2) is 29.5 Å². The van der Waals surface area contributed by atoms with E-state index in [0.29, 0.717) is 17.5 Å². The zero-order valence-corrected chi connectivity index (χ0v) is 30.8. The highest BCUT2D eigenvalue weighted by Crippen LogP contribution is 2.42. The molecule has 0 unspecified atom stereocenters. The molecule has 0 radical (unpaired) electrons. The number of aromatic nitrogens is 6. The average molecular weight is 741 g/mol. The summed E-state index contributed by atoms with van der Waals surface area (Å²) in [4.78, 5) is 25.4. The molecule has 0 aliphatic rings. The lowest BCUT2D eigenvalue weighted by Crippen LogP contribution is -2.00. The lowest BCUT2D eigenvalue weighted by molar-refractivity contribution is 1.08. The molecular formula is C47H28N6S2. The van der Waals surface area contributed by atoms with E-state index in [1.54, 1.807) is 22.7 Å². The summed E-state index contributed by atoms with van der Waals surface area (Å²) in [7, 11) is 0. The van der Waals surface area contributed by atoms with Crippen LogP contribution in [0.2, 0.25) is 0 Å². The van der Waals surface area contributed by atoms with Crippen molar-refractivity contribution in [3.8, 4) is 61.8 Å². The molecule has 0 amide bonds. The highest BCUT2D eigenvalue weighted by Gasteiger charge is 2.20. The minimum atomic E-state index is 0.619. The van der Waals surface area contributed by atoms with Crippen molar-refractivity contribution in [2.45, 2.75) is 0 Å². The van der Waals surface area contributed by atoms with Gasteiger partial charge in [-0.3, -0.25) is 4.57 Å². The van der Waals surface area contributed by atoms with E-state index in [1.807, 2.05) is 48.5 Å². The van der Waals surface area contributed by atoms with E-state index in [2.05, 4.69) is 126 Å². The van der Waals surface area contributed by atoms with Crippen molar-refractivity contribution in [1.29, 1.82) is 0 Å². The summed E-state index contributed by atoms with van der Waals surface area (Å²) in [6, 6.07) is 58.6. The van der Waals surface area contributed by atoms with E-state index in [-0.39, 0.29) is 0 Å². The van der Waals surface area contributed by atoms with Crippen LogP contribution < -0.4 is 0 Å². The first-order chi connectivity index (χ1) is 27.2. The van der Waals surface area contributed by atoms with Crippen LogP contribution in [0.15, 0.2) is 170 Å². The largest absolute Gasteiger partial charge is 0.292 e. The SMILES string of the molecule is c1ccc(-c2nc(-c3ccc(-c4nc5ccccc5s4)cc3)nc(-c3cccc4sc5ccc(-c6nc7ccccc7n6-c6ccccc6)cc5c34)n2)cc1. The number of imidazole rings is 1. The summed E-state index contributed by atoms with van der Waals surface area (Å²) in [5.41, 5.74) is 9.02. The standard InChI is InChI=1S/C47H28N6S2/c1-3-12-29(13-4-1)43-50-44(30-22-24-31(25-23-30)47-49-37-18-8-10-20-40(37)55-47)52-45(51-43)34-16-11-21-41-42(34)35-28-32(26-27-39(35)54-41)46-48-36-17-7-9-19-38(36)53(46)33-14-5-2-6-15-33/h1-28H. The maximum Gasteiger partial charge on any atom is 0.164 e. The molecular weight excluding hydrogens is 713 g/mol. The maximum absolute atomic E-state index is 5.19. The zero-order valence-electron chi connectivity index (χ0n) is 29.2. The highest BCUT2D eigenvalue weighted by molar-refractivity contribution is 7.26. The maximum atomic E-state index is 5.19. The Morgan fingerprint density at radius 2 is 1.04 bits per heavy atom. The van der Waals surface area contributed by atoms with Gasteiger partial charge in [0.15, 0.2) is 17.5 Å². The molecule has 0 saturated heterocycles. The zero-order chi connectivity index (χ0) is 36.3. The Labute approximate surface area is 323 Å². The van der Waals surface area contributed by atoms with Crippen LogP contribution in [0.1, 0.15) is 0 Å². The fraction of sp³-hybridized carbons (Fsp3) is 0. The minimum Gasteiger partial charge on any atom is -0.292 e. The van der Waals surface area contributed by atoms with Gasteiger partial charge in [0.25, 0.3) is 0 Å². The van der Waals surface area contributed by atoms with Gasteiger partial charge in [0.05, 0.1) is 21.3 Å². The number of benzene rings is 7. The molecule has 55 heavy (non-hydrogen) atoms. The number of thiazole rings is 1. The van der Waals surface area contributed by atoms with Gasteiger partial charge in [-0.25, -0.2) is 24.9 Å². The van der Waals surface area contributed by atoms with Crippen molar-refractivity contribution in [3.63, 3.8) is 0 Å². The Balaban J connectivity index is 1.08. The topological polar surface area (TPSA) is 69.4 Å². The van der Waals surface area contributed by atoms with Crippen LogP contribution in [0.3, 0.4) is 0 Å². The van der Waals surface area contributed by atoms with E-state index in [4.69, 9.17) is 24.9 Å². The Kier molecular flexibility index (Phi) is 7.43.